The van der Waals surface area contributed by atoms with E-state index in [-0.39, 0.29) is 12.4 Å². The van der Waals surface area contributed by atoms with Crippen molar-refractivity contribution >= 4 is 49.8 Å². The van der Waals surface area contributed by atoms with Crippen molar-refractivity contribution in [2.24, 2.45) is 0 Å². The van der Waals surface area contributed by atoms with Crippen molar-refractivity contribution in [2.75, 3.05) is 0 Å². The third kappa shape index (κ3) is 4.07. The molecule has 28 heavy (non-hydrogen) atoms. The highest BCUT2D eigenvalue weighted by Gasteiger charge is 2.43. The first kappa shape index (κ1) is 20.8. The van der Waals surface area contributed by atoms with Crippen LogP contribution in [-0.4, -0.2) is 9.55 Å². The largest absolute Gasteiger partial charge is 0.330 e. The number of halogens is 2. The molecule has 0 unspecified atom stereocenters. The molecule has 0 aliphatic carbocycles. The second-order valence-electron chi connectivity index (χ2n) is 6.59. The highest BCUT2D eigenvalue weighted by molar-refractivity contribution is 9.44. The summed E-state index contributed by atoms with van der Waals surface area (Å²) in [7, 11) is 0. The van der Waals surface area contributed by atoms with Crippen LogP contribution in [0, 0.1) is 6.92 Å². The number of benzene rings is 3. The summed E-state index contributed by atoms with van der Waals surface area (Å²) in [5.41, 5.74) is 2.45. The van der Waals surface area contributed by atoms with E-state index in [9.17, 15) is 0 Å². The Balaban J connectivity index is 0.00000225. The molecule has 4 rings (SSSR count). The lowest BCUT2D eigenvalue weighted by Gasteiger charge is -2.20. The van der Waals surface area contributed by atoms with E-state index in [1.54, 1.807) is 0 Å². The molecule has 0 saturated carbocycles. The molecule has 142 valence electrons. The number of hydrogen-bond acceptors (Lipinski definition) is 1. The highest BCUT2D eigenvalue weighted by atomic mass is 79.9. The number of hydrogen-bond donors (Lipinski definition) is 0. The van der Waals surface area contributed by atoms with E-state index in [4.69, 9.17) is 0 Å². The zero-order valence-electron chi connectivity index (χ0n) is 15.6. The fraction of sp³-hybridized carbons (Fsp3) is 0.0870. The van der Waals surface area contributed by atoms with Gasteiger partial charge < -0.3 is 4.57 Å². The van der Waals surface area contributed by atoms with Crippen molar-refractivity contribution in [2.45, 2.75) is 13.5 Å². The molecule has 0 atom stereocenters. The molecule has 0 bridgehead atoms. The van der Waals surface area contributed by atoms with Crippen LogP contribution in [0.15, 0.2) is 97.5 Å². The predicted molar refractivity (Wildman–Crippen MR) is 127 cm³/mol. The lowest BCUT2D eigenvalue weighted by molar-refractivity contribution is 0.770. The molecule has 0 aliphatic heterocycles. The number of aryl methyl sites for hydroxylation is 1. The Morgan fingerprint density at radius 3 is 1.75 bits per heavy atom. The summed E-state index contributed by atoms with van der Waals surface area (Å²) in [6.45, 7) is 2.93. The SMILES string of the molecule is Cc1cncn1Cc1ccc([P+](Br)(c2ccccc2)c2ccccc2)cc1.Cl. The summed E-state index contributed by atoms with van der Waals surface area (Å²) in [5.74, 6) is -1.83. The van der Waals surface area contributed by atoms with E-state index in [1.807, 2.05) is 12.5 Å². The first-order valence-corrected chi connectivity index (χ1v) is 12.7. The van der Waals surface area contributed by atoms with Crippen molar-refractivity contribution in [3.05, 3.63) is 109 Å². The second-order valence-corrected chi connectivity index (χ2v) is 12.5. The summed E-state index contributed by atoms with van der Waals surface area (Å²) in [4.78, 5) is 4.21. The standard InChI is InChI=1S/C23H21BrN2P.ClH/c1-19-16-25-18-26(19)17-20-12-14-23(15-13-20)27(24,21-8-4-2-5-9-21)22-10-6-3-7-11-22;/h2-16,18H,17H2,1H3;1H/q+1;. The minimum Gasteiger partial charge on any atom is -0.330 e. The van der Waals surface area contributed by atoms with Gasteiger partial charge in [0.15, 0.2) is 21.5 Å². The zero-order chi connectivity index (χ0) is 18.7. The van der Waals surface area contributed by atoms with Crippen molar-refractivity contribution in [3.63, 3.8) is 0 Å². The second kappa shape index (κ2) is 9.05. The van der Waals surface area contributed by atoms with Gasteiger partial charge in [-0.05, 0) is 48.9 Å². The van der Waals surface area contributed by atoms with E-state index in [2.05, 4.69) is 117 Å². The minimum absolute atomic E-state index is 0. The third-order valence-corrected chi connectivity index (χ3v) is 11.5. The van der Waals surface area contributed by atoms with Crippen LogP contribution in [-0.2, 0) is 6.54 Å². The summed E-state index contributed by atoms with van der Waals surface area (Å²) in [6.07, 6.45) is 3.78. The average Bonchev–Trinajstić information content (AvgIpc) is 3.14. The van der Waals surface area contributed by atoms with Crippen LogP contribution in [0.5, 0.6) is 0 Å². The van der Waals surface area contributed by atoms with Crippen LogP contribution in [0.2, 0.25) is 0 Å². The Morgan fingerprint density at radius 1 is 0.786 bits per heavy atom. The first-order chi connectivity index (χ1) is 13.2. The van der Waals surface area contributed by atoms with Gasteiger partial charge in [0, 0.05) is 18.4 Å². The van der Waals surface area contributed by atoms with Crippen molar-refractivity contribution < 1.29 is 0 Å². The van der Waals surface area contributed by atoms with E-state index >= 15 is 0 Å². The predicted octanol–water partition coefficient (Wildman–Crippen LogP) is 5.27. The van der Waals surface area contributed by atoms with Crippen LogP contribution in [0.4, 0.5) is 0 Å². The molecule has 0 amide bonds. The topological polar surface area (TPSA) is 17.8 Å². The van der Waals surface area contributed by atoms with E-state index in [0.29, 0.717) is 0 Å². The number of nitrogens with zero attached hydrogens (tertiary/aromatic N) is 2. The molecule has 5 heteroatoms. The normalized spacial score (nSPS) is 11.1. The maximum absolute atomic E-state index is 4.21. The Labute approximate surface area is 181 Å². The molecule has 0 fully saturated rings. The molecule has 0 spiro atoms. The fourth-order valence-corrected chi connectivity index (χ4v) is 8.02. The summed E-state index contributed by atoms with van der Waals surface area (Å²) in [5, 5.41) is 3.98. The maximum Gasteiger partial charge on any atom is 0.181 e. The molecular formula is C23H22BrClN2P+. The summed E-state index contributed by atoms with van der Waals surface area (Å²) in [6, 6.07) is 30.5. The molecule has 1 heterocycles. The van der Waals surface area contributed by atoms with Crippen LogP contribution in [0.25, 0.3) is 0 Å². The Hall–Kier alpha value is -1.93. The first-order valence-electron chi connectivity index (χ1n) is 8.94. The molecule has 3 aromatic carbocycles. The maximum atomic E-state index is 4.21. The molecule has 0 saturated heterocycles. The number of imidazole rings is 1. The molecule has 0 N–H and O–H groups in total. The fourth-order valence-electron chi connectivity index (χ4n) is 3.27. The van der Waals surface area contributed by atoms with Crippen LogP contribution < -0.4 is 15.9 Å². The van der Waals surface area contributed by atoms with Gasteiger partial charge in [0.1, 0.15) is 15.9 Å². The van der Waals surface area contributed by atoms with Gasteiger partial charge in [0.2, 0.25) is 0 Å². The van der Waals surface area contributed by atoms with E-state index in [0.717, 1.165) is 6.54 Å². The molecule has 1 aromatic heterocycles. The lowest BCUT2D eigenvalue weighted by Crippen LogP contribution is -2.26. The smallest absolute Gasteiger partial charge is 0.181 e. The van der Waals surface area contributed by atoms with Gasteiger partial charge in [-0.3, -0.25) is 0 Å². The Bertz CT molecular complexity index is 978. The zero-order valence-corrected chi connectivity index (χ0v) is 18.9. The van der Waals surface area contributed by atoms with Crippen LogP contribution >= 0.6 is 33.9 Å². The highest BCUT2D eigenvalue weighted by Crippen LogP contribution is 2.62. The summed E-state index contributed by atoms with van der Waals surface area (Å²) >= 11 is 4.20. The lowest BCUT2D eigenvalue weighted by atomic mass is 10.2. The Morgan fingerprint density at radius 2 is 1.29 bits per heavy atom. The monoisotopic (exact) mass is 471 g/mol. The van der Waals surface area contributed by atoms with Gasteiger partial charge in [0.05, 0.1) is 6.33 Å². The molecule has 0 aliphatic rings. The van der Waals surface area contributed by atoms with Gasteiger partial charge in [0.25, 0.3) is 0 Å². The van der Waals surface area contributed by atoms with E-state index in [1.165, 1.54) is 27.2 Å². The molecular weight excluding hydrogens is 451 g/mol. The quantitative estimate of drug-likeness (QED) is 0.362. The third-order valence-electron chi connectivity index (χ3n) is 4.79. The van der Waals surface area contributed by atoms with Crippen molar-refractivity contribution in [1.82, 2.24) is 9.55 Å². The minimum atomic E-state index is -1.83. The van der Waals surface area contributed by atoms with Crippen molar-refractivity contribution in [1.29, 1.82) is 0 Å². The van der Waals surface area contributed by atoms with Gasteiger partial charge in [-0.25, -0.2) is 4.98 Å². The average molecular weight is 473 g/mol. The van der Waals surface area contributed by atoms with Gasteiger partial charge in [-0.2, -0.15) is 0 Å². The van der Waals surface area contributed by atoms with Gasteiger partial charge >= 0.3 is 0 Å². The molecule has 0 radical (unpaired) electrons. The van der Waals surface area contributed by atoms with Gasteiger partial charge in [-0.15, -0.1) is 12.4 Å². The summed E-state index contributed by atoms with van der Waals surface area (Å²) < 4.78 is 2.17. The number of aromatic nitrogens is 2. The molecule has 4 aromatic rings. The number of rotatable bonds is 5. The molecule has 2 nitrogen and oxygen atoms in total. The van der Waals surface area contributed by atoms with E-state index < -0.39 is 5.96 Å². The van der Waals surface area contributed by atoms with Crippen molar-refractivity contribution in [3.8, 4) is 0 Å². The van der Waals surface area contributed by atoms with Gasteiger partial charge in [-0.1, -0.05) is 48.5 Å². The van der Waals surface area contributed by atoms with Crippen LogP contribution in [0.3, 0.4) is 0 Å². The Kier molecular flexibility index (Phi) is 6.72. The van der Waals surface area contributed by atoms with Crippen LogP contribution in [0.1, 0.15) is 11.3 Å².